The van der Waals surface area contributed by atoms with Gasteiger partial charge in [0.2, 0.25) is 5.82 Å². The van der Waals surface area contributed by atoms with Gasteiger partial charge in [-0.15, -0.1) is 0 Å². The number of hydrogen-bond acceptors (Lipinski definition) is 5. The lowest BCUT2D eigenvalue weighted by Crippen LogP contribution is -2.11. The number of rotatable bonds is 3. The molecule has 0 fully saturated rings. The predicted molar refractivity (Wildman–Crippen MR) is 65.5 cm³/mol. The highest BCUT2D eigenvalue weighted by molar-refractivity contribution is 7.67. The Labute approximate surface area is 105 Å². The summed E-state index contributed by atoms with van der Waals surface area (Å²) in [6, 6.07) is 3.39. The van der Waals surface area contributed by atoms with E-state index in [4.69, 9.17) is 0 Å². The highest BCUT2D eigenvalue weighted by Crippen LogP contribution is 2.14. The Morgan fingerprint density at radius 2 is 2.28 bits per heavy atom. The Kier molecular flexibility index (Phi) is 3.28. The van der Waals surface area contributed by atoms with E-state index in [0.717, 1.165) is 6.20 Å². The van der Waals surface area contributed by atoms with Crippen LogP contribution in [-0.4, -0.2) is 28.5 Å². The number of nitro groups is 1. The largest absolute Gasteiger partial charge is 0.358 e. The van der Waals surface area contributed by atoms with E-state index in [1.165, 1.54) is 17.8 Å². The Balaban J connectivity index is 2.55. The van der Waals surface area contributed by atoms with Crippen molar-refractivity contribution in [2.75, 3.05) is 0 Å². The molecule has 0 aliphatic heterocycles. The van der Waals surface area contributed by atoms with Crippen molar-refractivity contribution in [1.82, 2.24) is 14.5 Å². The van der Waals surface area contributed by atoms with Gasteiger partial charge in [-0.25, -0.2) is 13.8 Å². The topological polar surface area (TPSA) is 90.9 Å². The fourth-order valence-corrected chi connectivity index (χ4v) is 1.97. The lowest BCUT2D eigenvalue weighted by molar-refractivity contribution is -0.391. The van der Waals surface area contributed by atoms with Crippen molar-refractivity contribution in [3.8, 4) is 0 Å². The quantitative estimate of drug-likeness (QED) is 0.348. The maximum absolute atomic E-state index is 11.2. The lowest BCUT2D eigenvalue weighted by Gasteiger charge is -2.00. The average molecular weight is 264 g/mol. The Hall–Kier alpha value is -2.35. The van der Waals surface area contributed by atoms with Crippen molar-refractivity contribution < 1.29 is 9.13 Å². The van der Waals surface area contributed by atoms with Gasteiger partial charge in [-0.05, 0) is 11.0 Å². The minimum absolute atomic E-state index is 0.166. The summed E-state index contributed by atoms with van der Waals surface area (Å²) in [6.07, 6.45) is 4.22. The third-order valence-corrected chi connectivity index (χ3v) is 2.95. The Bertz CT molecular complexity index is 646. The molecule has 0 aliphatic rings. The van der Waals surface area contributed by atoms with Crippen molar-refractivity contribution in [3.63, 3.8) is 0 Å². The summed E-state index contributed by atoms with van der Waals surface area (Å²) in [5, 5.41) is 10.7. The van der Waals surface area contributed by atoms with Crippen LogP contribution in [0.3, 0.4) is 0 Å². The Morgan fingerprint density at radius 1 is 1.50 bits per heavy atom. The second-order valence-corrected chi connectivity index (χ2v) is 3.99. The van der Waals surface area contributed by atoms with Gasteiger partial charge in [-0.2, -0.15) is 0 Å². The molecule has 0 radical (unpaired) electrons. The first-order valence-electron chi connectivity index (χ1n) is 4.88. The molecule has 2 aromatic heterocycles. The smallest absolute Gasteiger partial charge is 0.342 e. The van der Waals surface area contributed by atoms with E-state index in [9.17, 15) is 14.3 Å². The summed E-state index contributed by atoms with van der Waals surface area (Å²) in [6.45, 7) is 0. The van der Waals surface area contributed by atoms with E-state index in [1.807, 2.05) is 0 Å². The molecule has 0 saturated carbocycles. The number of nitrogens with zero attached hydrogens (tertiary/aromatic N) is 4. The first-order valence-corrected chi connectivity index (χ1v) is 5.63. The van der Waals surface area contributed by atoms with Gasteiger partial charge in [0, 0.05) is 18.0 Å². The van der Waals surface area contributed by atoms with E-state index >= 15 is 0 Å². The van der Waals surface area contributed by atoms with Crippen LogP contribution in [-0.2, 0) is 18.3 Å². The summed E-state index contributed by atoms with van der Waals surface area (Å²) in [5.74, 6) is 0.0927. The zero-order chi connectivity index (χ0) is 13.1. The molecule has 2 aromatic rings. The molecule has 7 nitrogen and oxygen atoms in total. The first-order chi connectivity index (χ1) is 8.65. The van der Waals surface area contributed by atoms with Gasteiger partial charge in [0.15, 0.2) is 0 Å². The van der Waals surface area contributed by atoms with Gasteiger partial charge in [0.25, 0.3) is 0 Å². The minimum atomic E-state index is -0.549. The van der Waals surface area contributed by atoms with Crippen LogP contribution in [0.4, 0.5) is 5.82 Å². The molecule has 92 valence electrons. The van der Waals surface area contributed by atoms with Gasteiger partial charge < -0.3 is 10.1 Å². The van der Waals surface area contributed by atoms with Crippen LogP contribution >= 0.6 is 0 Å². The van der Waals surface area contributed by atoms with Crippen LogP contribution in [0.1, 0.15) is 11.4 Å². The molecule has 2 heterocycles. The lowest BCUT2D eigenvalue weighted by atomic mass is 10.2. The van der Waals surface area contributed by atoms with E-state index in [1.54, 1.807) is 18.3 Å². The molecular weight excluding hydrogens is 256 g/mol. The van der Waals surface area contributed by atoms with Crippen molar-refractivity contribution >= 4 is 21.9 Å². The molecule has 0 saturated heterocycles. The summed E-state index contributed by atoms with van der Waals surface area (Å²) in [4.78, 5) is 18.3. The van der Waals surface area contributed by atoms with Crippen LogP contribution in [0, 0.1) is 10.1 Å². The third kappa shape index (κ3) is 2.05. The first kappa shape index (κ1) is 12.1. The molecule has 18 heavy (non-hydrogen) atoms. The predicted octanol–water partition coefficient (Wildman–Crippen LogP) is 0.505. The van der Waals surface area contributed by atoms with Crippen LogP contribution in [0.2, 0.25) is 0 Å². The van der Waals surface area contributed by atoms with E-state index in [2.05, 4.69) is 9.97 Å². The molecule has 0 atom stereocenters. The van der Waals surface area contributed by atoms with Crippen LogP contribution < -0.4 is 0 Å². The molecule has 0 aliphatic carbocycles. The molecule has 0 bridgehead atoms. The molecule has 2 rings (SSSR count). The van der Waals surface area contributed by atoms with E-state index < -0.39 is 4.92 Å². The zero-order valence-corrected chi connectivity index (χ0v) is 10.1. The standard InChI is InChI=1S/C10H8N4O3S/c1-13-8(14(15)16)6-12-10(13)9(18-17)7-3-2-4-11-5-7/h2-6H,1H3. The van der Waals surface area contributed by atoms with Crippen molar-refractivity contribution in [3.05, 3.63) is 52.2 Å². The molecule has 8 heteroatoms. The number of hydrogen-bond donors (Lipinski definition) is 0. The normalized spacial score (nSPS) is 10.1. The summed E-state index contributed by atoms with van der Waals surface area (Å²) in [7, 11) is 1.49. The number of aromatic nitrogens is 3. The second-order valence-electron chi connectivity index (χ2n) is 3.41. The molecule has 0 amide bonds. The van der Waals surface area contributed by atoms with Crippen molar-refractivity contribution in [2.45, 2.75) is 0 Å². The molecule has 0 spiro atoms. The Morgan fingerprint density at radius 3 is 2.78 bits per heavy atom. The fourth-order valence-electron chi connectivity index (χ4n) is 1.49. The maximum Gasteiger partial charge on any atom is 0.342 e. The molecule has 0 unspecified atom stereocenters. The summed E-state index contributed by atoms with van der Waals surface area (Å²) >= 11 is 0.236. The highest BCUT2D eigenvalue weighted by Gasteiger charge is 2.21. The van der Waals surface area contributed by atoms with E-state index in [-0.39, 0.29) is 22.9 Å². The average Bonchev–Trinajstić information content (AvgIpc) is 2.74. The minimum Gasteiger partial charge on any atom is -0.358 e. The van der Waals surface area contributed by atoms with Crippen LogP contribution in [0.25, 0.3) is 0 Å². The van der Waals surface area contributed by atoms with Crippen LogP contribution in [0.15, 0.2) is 30.7 Å². The third-order valence-electron chi connectivity index (χ3n) is 2.36. The SMILES string of the molecule is Cn1c([N+](=O)[O-])cnc1C(=S=O)c1cccnc1. The number of pyridine rings is 1. The molecule has 0 aromatic carbocycles. The van der Waals surface area contributed by atoms with Crippen molar-refractivity contribution in [2.24, 2.45) is 7.05 Å². The summed E-state index contributed by atoms with van der Waals surface area (Å²) in [5.41, 5.74) is 0.584. The fraction of sp³-hybridized carbons (Fsp3) is 0.100. The van der Waals surface area contributed by atoms with Gasteiger partial charge in [-0.1, -0.05) is 6.07 Å². The van der Waals surface area contributed by atoms with Crippen molar-refractivity contribution in [1.29, 1.82) is 0 Å². The second kappa shape index (κ2) is 4.88. The van der Waals surface area contributed by atoms with Gasteiger partial charge in [0.05, 0.1) is 7.05 Å². The van der Waals surface area contributed by atoms with Crippen LogP contribution in [0.5, 0.6) is 0 Å². The molecular formula is C10H8N4O3S. The van der Waals surface area contributed by atoms with Gasteiger partial charge >= 0.3 is 5.82 Å². The highest BCUT2D eigenvalue weighted by atomic mass is 32.1. The van der Waals surface area contributed by atoms with Gasteiger partial charge in [0.1, 0.15) is 22.3 Å². The van der Waals surface area contributed by atoms with E-state index in [0.29, 0.717) is 10.4 Å². The summed E-state index contributed by atoms with van der Waals surface area (Å²) < 4.78 is 12.5. The van der Waals surface area contributed by atoms with Gasteiger partial charge in [-0.3, -0.25) is 4.98 Å². The zero-order valence-electron chi connectivity index (χ0n) is 9.31. The maximum atomic E-state index is 11.2. The number of imidazole rings is 1. The molecule has 0 N–H and O–H groups in total. The monoisotopic (exact) mass is 264 g/mol.